The van der Waals surface area contributed by atoms with Crippen LogP contribution in [-0.4, -0.2) is 5.11 Å². The minimum Gasteiger partial charge on any atom is -0.388 e. The third kappa shape index (κ3) is 3.00. The first kappa shape index (κ1) is 11.0. The van der Waals surface area contributed by atoms with Gasteiger partial charge in [0.2, 0.25) is 0 Å². The van der Waals surface area contributed by atoms with Crippen molar-refractivity contribution in [1.29, 1.82) is 0 Å². The van der Waals surface area contributed by atoms with Crippen molar-refractivity contribution in [3.8, 4) is 0 Å². The lowest BCUT2D eigenvalue weighted by molar-refractivity contribution is 0.167. The SMILES string of the molecule is C=C(C)CCC(O)c1ccccc1C. The van der Waals surface area contributed by atoms with E-state index in [-0.39, 0.29) is 6.10 Å². The van der Waals surface area contributed by atoms with E-state index < -0.39 is 0 Å². The summed E-state index contributed by atoms with van der Waals surface area (Å²) < 4.78 is 0. The molecule has 0 aliphatic heterocycles. The zero-order valence-electron chi connectivity index (χ0n) is 8.96. The van der Waals surface area contributed by atoms with Gasteiger partial charge >= 0.3 is 0 Å². The predicted octanol–water partition coefficient (Wildman–Crippen LogP) is 3.38. The van der Waals surface area contributed by atoms with Crippen LogP contribution in [0.15, 0.2) is 36.4 Å². The van der Waals surface area contributed by atoms with E-state index in [4.69, 9.17) is 0 Å². The van der Waals surface area contributed by atoms with Gasteiger partial charge in [0.1, 0.15) is 0 Å². The first-order valence-corrected chi connectivity index (χ1v) is 4.99. The number of rotatable bonds is 4. The molecule has 0 aromatic heterocycles. The van der Waals surface area contributed by atoms with E-state index in [1.54, 1.807) is 0 Å². The lowest BCUT2D eigenvalue weighted by Crippen LogP contribution is -1.99. The smallest absolute Gasteiger partial charge is 0.0795 e. The van der Waals surface area contributed by atoms with Crippen LogP contribution in [-0.2, 0) is 0 Å². The molecule has 76 valence electrons. The second kappa shape index (κ2) is 4.97. The Balaban J connectivity index is 2.65. The molecule has 1 unspecified atom stereocenters. The predicted molar refractivity (Wildman–Crippen MR) is 60.2 cm³/mol. The zero-order valence-corrected chi connectivity index (χ0v) is 8.96. The van der Waals surface area contributed by atoms with Crippen molar-refractivity contribution in [1.82, 2.24) is 0 Å². The molecule has 1 rings (SSSR count). The third-order valence-corrected chi connectivity index (χ3v) is 2.39. The van der Waals surface area contributed by atoms with Crippen LogP contribution in [0.1, 0.15) is 37.0 Å². The van der Waals surface area contributed by atoms with Gasteiger partial charge in [0.05, 0.1) is 6.10 Å². The first-order valence-electron chi connectivity index (χ1n) is 4.99. The average molecular weight is 190 g/mol. The van der Waals surface area contributed by atoms with Gasteiger partial charge in [-0.1, -0.05) is 29.8 Å². The van der Waals surface area contributed by atoms with Gasteiger partial charge in [-0.15, -0.1) is 6.58 Å². The first-order chi connectivity index (χ1) is 6.61. The van der Waals surface area contributed by atoms with E-state index in [0.717, 1.165) is 29.5 Å². The summed E-state index contributed by atoms with van der Waals surface area (Å²) in [5, 5.41) is 9.91. The monoisotopic (exact) mass is 190 g/mol. The third-order valence-electron chi connectivity index (χ3n) is 2.39. The summed E-state index contributed by atoms with van der Waals surface area (Å²) in [5.74, 6) is 0. The topological polar surface area (TPSA) is 20.2 Å². The van der Waals surface area contributed by atoms with Crippen LogP contribution in [0.3, 0.4) is 0 Å². The van der Waals surface area contributed by atoms with Gasteiger partial charge in [-0.25, -0.2) is 0 Å². The number of hydrogen-bond donors (Lipinski definition) is 1. The fraction of sp³-hybridized carbons (Fsp3) is 0.385. The van der Waals surface area contributed by atoms with Crippen LogP contribution in [0.2, 0.25) is 0 Å². The maximum absolute atomic E-state index is 9.91. The standard InChI is InChI=1S/C13H18O/c1-10(2)8-9-13(14)12-7-5-4-6-11(12)3/h4-7,13-14H,1,8-9H2,2-3H3. The largest absolute Gasteiger partial charge is 0.388 e. The van der Waals surface area contributed by atoms with E-state index in [9.17, 15) is 5.11 Å². The van der Waals surface area contributed by atoms with Crippen LogP contribution in [0.25, 0.3) is 0 Å². The highest BCUT2D eigenvalue weighted by atomic mass is 16.3. The van der Waals surface area contributed by atoms with E-state index in [1.165, 1.54) is 0 Å². The molecular formula is C13H18O. The summed E-state index contributed by atoms with van der Waals surface area (Å²) in [6.45, 7) is 7.85. The molecule has 1 aromatic rings. The molecule has 0 fully saturated rings. The quantitative estimate of drug-likeness (QED) is 0.721. The minimum atomic E-state index is -0.354. The second-order valence-electron chi connectivity index (χ2n) is 3.87. The Morgan fingerprint density at radius 3 is 2.64 bits per heavy atom. The average Bonchev–Trinajstić information content (AvgIpc) is 2.15. The van der Waals surface area contributed by atoms with Gasteiger partial charge in [0, 0.05) is 0 Å². The molecule has 1 heteroatoms. The van der Waals surface area contributed by atoms with Crippen LogP contribution in [0.5, 0.6) is 0 Å². The summed E-state index contributed by atoms with van der Waals surface area (Å²) in [7, 11) is 0. The van der Waals surface area contributed by atoms with Crippen LogP contribution < -0.4 is 0 Å². The number of benzene rings is 1. The van der Waals surface area contributed by atoms with Crippen molar-refractivity contribution in [3.63, 3.8) is 0 Å². The van der Waals surface area contributed by atoms with Gasteiger partial charge in [-0.3, -0.25) is 0 Å². The van der Waals surface area contributed by atoms with Gasteiger partial charge in [0.25, 0.3) is 0 Å². The molecule has 1 nitrogen and oxygen atoms in total. The Kier molecular flexibility index (Phi) is 3.90. The Bertz CT molecular complexity index is 315. The zero-order chi connectivity index (χ0) is 10.6. The van der Waals surface area contributed by atoms with Crippen molar-refractivity contribution in [3.05, 3.63) is 47.5 Å². The molecule has 0 saturated carbocycles. The van der Waals surface area contributed by atoms with Crippen molar-refractivity contribution in [2.45, 2.75) is 32.8 Å². The highest BCUT2D eigenvalue weighted by Crippen LogP contribution is 2.22. The molecule has 1 aromatic carbocycles. The van der Waals surface area contributed by atoms with Crippen LogP contribution >= 0.6 is 0 Å². The molecule has 0 aliphatic rings. The minimum absolute atomic E-state index is 0.354. The Hall–Kier alpha value is -1.08. The normalized spacial score (nSPS) is 12.5. The highest BCUT2D eigenvalue weighted by Gasteiger charge is 2.08. The van der Waals surface area contributed by atoms with Gasteiger partial charge in [-0.2, -0.15) is 0 Å². The van der Waals surface area contributed by atoms with Crippen LogP contribution in [0.4, 0.5) is 0 Å². The number of aliphatic hydroxyl groups excluding tert-OH is 1. The summed E-state index contributed by atoms with van der Waals surface area (Å²) in [6.07, 6.45) is 1.29. The molecule has 0 amide bonds. The van der Waals surface area contributed by atoms with Crippen LogP contribution in [0, 0.1) is 6.92 Å². The Morgan fingerprint density at radius 2 is 2.07 bits per heavy atom. The molecule has 0 aliphatic carbocycles. The maximum atomic E-state index is 9.91. The second-order valence-corrected chi connectivity index (χ2v) is 3.87. The van der Waals surface area contributed by atoms with Gasteiger partial charge < -0.3 is 5.11 Å². The molecule has 0 saturated heterocycles. The van der Waals surface area contributed by atoms with E-state index >= 15 is 0 Å². The summed E-state index contributed by atoms with van der Waals surface area (Å²) >= 11 is 0. The van der Waals surface area contributed by atoms with Gasteiger partial charge in [0.15, 0.2) is 0 Å². The fourth-order valence-corrected chi connectivity index (χ4v) is 1.50. The summed E-state index contributed by atoms with van der Waals surface area (Å²) in [6, 6.07) is 7.97. The summed E-state index contributed by atoms with van der Waals surface area (Å²) in [5.41, 5.74) is 3.31. The molecule has 0 spiro atoms. The van der Waals surface area contributed by atoms with E-state index in [1.807, 2.05) is 38.1 Å². The highest BCUT2D eigenvalue weighted by molar-refractivity contribution is 5.27. The number of aliphatic hydroxyl groups is 1. The summed E-state index contributed by atoms with van der Waals surface area (Å²) in [4.78, 5) is 0. The lowest BCUT2D eigenvalue weighted by Gasteiger charge is -2.13. The molecule has 1 N–H and O–H groups in total. The van der Waals surface area contributed by atoms with Gasteiger partial charge in [-0.05, 0) is 37.8 Å². The number of allylic oxidation sites excluding steroid dienone is 1. The fourth-order valence-electron chi connectivity index (χ4n) is 1.50. The Labute approximate surface area is 86.1 Å². The molecule has 14 heavy (non-hydrogen) atoms. The molecule has 0 heterocycles. The Morgan fingerprint density at radius 1 is 1.43 bits per heavy atom. The van der Waals surface area contributed by atoms with Crippen molar-refractivity contribution >= 4 is 0 Å². The molecular weight excluding hydrogens is 172 g/mol. The van der Waals surface area contributed by atoms with Crippen molar-refractivity contribution < 1.29 is 5.11 Å². The van der Waals surface area contributed by atoms with E-state index in [2.05, 4.69) is 6.58 Å². The molecule has 1 atom stereocenters. The van der Waals surface area contributed by atoms with E-state index in [0.29, 0.717) is 0 Å². The molecule has 0 bridgehead atoms. The maximum Gasteiger partial charge on any atom is 0.0795 e. The molecule has 0 radical (unpaired) electrons. The van der Waals surface area contributed by atoms with Crippen molar-refractivity contribution in [2.24, 2.45) is 0 Å². The van der Waals surface area contributed by atoms with Crippen molar-refractivity contribution in [2.75, 3.05) is 0 Å². The number of aryl methyl sites for hydroxylation is 1. The lowest BCUT2D eigenvalue weighted by atomic mass is 9.99. The number of hydrogen-bond acceptors (Lipinski definition) is 1.